The minimum atomic E-state index is -0.295. The zero-order valence-corrected chi connectivity index (χ0v) is 9.17. The van der Waals surface area contributed by atoms with Crippen molar-refractivity contribution in [3.8, 4) is 0 Å². The number of aliphatic hydroxyl groups excluding tert-OH is 1. The first kappa shape index (κ1) is 10.8. The lowest BCUT2D eigenvalue weighted by Crippen LogP contribution is -2.22. The smallest absolute Gasteiger partial charge is 0.258 e. The Balaban J connectivity index is 2.75. The van der Waals surface area contributed by atoms with Crippen LogP contribution in [0.4, 0.5) is 0 Å². The standard InChI is InChI=1S/C11H10N2O2S/c12-10(16)8-4-7-3-6(5-14)1-2-9(7)13-11(8)15/h1-4,14H,5H2,(H2,12,16)(H,13,15). The molecule has 4 N–H and O–H groups in total. The fraction of sp³-hybridized carbons (Fsp3) is 0.0909. The number of aromatic amines is 1. The van der Waals surface area contributed by atoms with Crippen LogP contribution < -0.4 is 11.3 Å². The average molecular weight is 234 g/mol. The predicted molar refractivity (Wildman–Crippen MR) is 66.4 cm³/mol. The molecule has 0 saturated carbocycles. The second-order valence-corrected chi connectivity index (χ2v) is 3.90. The molecule has 2 rings (SSSR count). The molecule has 0 spiro atoms. The van der Waals surface area contributed by atoms with E-state index < -0.39 is 0 Å². The number of rotatable bonds is 2. The summed E-state index contributed by atoms with van der Waals surface area (Å²) >= 11 is 4.78. The van der Waals surface area contributed by atoms with E-state index in [-0.39, 0.29) is 22.7 Å². The molecule has 0 aliphatic carbocycles. The molecule has 4 nitrogen and oxygen atoms in total. The molecule has 5 heteroatoms. The number of hydrogen-bond acceptors (Lipinski definition) is 3. The number of nitrogens with two attached hydrogens (primary N) is 1. The summed E-state index contributed by atoms with van der Waals surface area (Å²) < 4.78 is 0. The minimum absolute atomic E-state index is 0.0442. The van der Waals surface area contributed by atoms with Gasteiger partial charge in [-0.25, -0.2) is 0 Å². The number of nitrogens with one attached hydrogen (secondary N) is 1. The van der Waals surface area contributed by atoms with E-state index in [9.17, 15) is 4.79 Å². The third-order valence-electron chi connectivity index (χ3n) is 2.36. The average Bonchev–Trinajstić information content (AvgIpc) is 2.27. The summed E-state index contributed by atoms with van der Waals surface area (Å²) in [6, 6.07) is 6.91. The summed E-state index contributed by atoms with van der Waals surface area (Å²) in [4.78, 5) is 14.3. The summed E-state index contributed by atoms with van der Waals surface area (Å²) in [6.45, 7) is -0.0442. The highest BCUT2D eigenvalue weighted by atomic mass is 32.1. The molecule has 1 aromatic carbocycles. The normalized spacial score (nSPS) is 10.6. The molecule has 0 bridgehead atoms. The van der Waals surface area contributed by atoms with Crippen molar-refractivity contribution in [1.82, 2.24) is 4.98 Å². The Bertz CT molecular complexity index is 619. The van der Waals surface area contributed by atoms with E-state index >= 15 is 0 Å². The van der Waals surface area contributed by atoms with Crippen LogP contribution in [0, 0.1) is 0 Å². The predicted octanol–water partition coefficient (Wildman–Crippen LogP) is 0.655. The first-order valence-electron chi connectivity index (χ1n) is 4.68. The molecule has 0 amide bonds. The first-order chi connectivity index (χ1) is 7.61. The molecule has 1 heterocycles. The SMILES string of the molecule is NC(=S)c1cc2cc(CO)ccc2[nH]c1=O. The van der Waals surface area contributed by atoms with E-state index in [2.05, 4.69) is 4.98 Å². The summed E-state index contributed by atoms with van der Waals surface area (Å²) in [5.41, 5.74) is 6.90. The van der Waals surface area contributed by atoms with Crippen molar-refractivity contribution in [1.29, 1.82) is 0 Å². The van der Waals surface area contributed by atoms with Crippen LogP contribution in [0.5, 0.6) is 0 Å². The van der Waals surface area contributed by atoms with E-state index in [1.165, 1.54) is 0 Å². The van der Waals surface area contributed by atoms with Crippen molar-refractivity contribution in [3.63, 3.8) is 0 Å². The van der Waals surface area contributed by atoms with Crippen LogP contribution in [0.3, 0.4) is 0 Å². The van der Waals surface area contributed by atoms with Crippen LogP contribution in [0.1, 0.15) is 11.1 Å². The van der Waals surface area contributed by atoms with Crippen LogP contribution in [0.25, 0.3) is 10.9 Å². The van der Waals surface area contributed by atoms with Gasteiger partial charge in [-0.2, -0.15) is 0 Å². The fourth-order valence-corrected chi connectivity index (χ4v) is 1.69. The van der Waals surface area contributed by atoms with Gasteiger partial charge < -0.3 is 15.8 Å². The number of thiocarbonyl (C=S) groups is 1. The van der Waals surface area contributed by atoms with Gasteiger partial charge in [-0.1, -0.05) is 18.3 Å². The fourth-order valence-electron chi connectivity index (χ4n) is 1.54. The highest BCUT2D eigenvalue weighted by molar-refractivity contribution is 7.80. The van der Waals surface area contributed by atoms with Crippen molar-refractivity contribution in [2.75, 3.05) is 0 Å². The van der Waals surface area contributed by atoms with Crippen molar-refractivity contribution in [2.24, 2.45) is 5.73 Å². The summed E-state index contributed by atoms with van der Waals surface area (Å²) in [5.74, 6) is 0. The molecule has 0 radical (unpaired) electrons. The van der Waals surface area contributed by atoms with E-state index in [1.807, 2.05) is 0 Å². The molecule has 2 aromatic rings. The lowest BCUT2D eigenvalue weighted by molar-refractivity contribution is 0.282. The minimum Gasteiger partial charge on any atom is -0.392 e. The van der Waals surface area contributed by atoms with Gasteiger partial charge in [0.05, 0.1) is 12.2 Å². The Labute approximate surface area is 96.7 Å². The Morgan fingerprint density at radius 2 is 2.19 bits per heavy atom. The number of aliphatic hydroxyl groups is 1. The van der Waals surface area contributed by atoms with E-state index in [1.54, 1.807) is 24.3 Å². The Hall–Kier alpha value is -1.72. The van der Waals surface area contributed by atoms with Crippen LogP contribution in [0.15, 0.2) is 29.1 Å². The largest absolute Gasteiger partial charge is 0.392 e. The third-order valence-corrected chi connectivity index (χ3v) is 2.58. The van der Waals surface area contributed by atoms with Gasteiger partial charge >= 0.3 is 0 Å². The number of aromatic nitrogens is 1. The molecular weight excluding hydrogens is 224 g/mol. The second-order valence-electron chi connectivity index (χ2n) is 3.46. The lowest BCUT2D eigenvalue weighted by Gasteiger charge is -2.03. The topological polar surface area (TPSA) is 79.1 Å². The van der Waals surface area contributed by atoms with Crippen molar-refractivity contribution >= 4 is 28.1 Å². The molecule has 82 valence electrons. The molecule has 16 heavy (non-hydrogen) atoms. The monoisotopic (exact) mass is 234 g/mol. The van der Waals surface area contributed by atoms with Gasteiger partial charge in [-0.15, -0.1) is 0 Å². The number of benzene rings is 1. The summed E-state index contributed by atoms with van der Waals surface area (Å²) in [5, 5.41) is 9.81. The summed E-state index contributed by atoms with van der Waals surface area (Å²) in [7, 11) is 0. The zero-order chi connectivity index (χ0) is 11.7. The molecular formula is C11H10N2O2S. The third kappa shape index (κ3) is 1.82. The molecule has 0 atom stereocenters. The quantitative estimate of drug-likeness (QED) is 0.667. The maximum absolute atomic E-state index is 11.6. The van der Waals surface area contributed by atoms with Gasteiger partial charge in [-0.3, -0.25) is 4.79 Å². The van der Waals surface area contributed by atoms with E-state index in [4.69, 9.17) is 23.1 Å². The highest BCUT2D eigenvalue weighted by Crippen LogP contribution is 2.13. The maximum atomic E-state index is 11.6. The first-order valence-corrected chi connectivity index (χ1v) is 5.09. The van der Waals surface area contributed by atoms with Crippen LogP contribution in [-0.4, -0.2) is 15.1 Å². The number of fused-ring (bicyclic) bond motifs is 1. The molecule has 0 aliphatic heterocycles. The van der Waals surface area contributed by atoms with Crippen molar-refractivity contribution in [3.05, 3.63) is 45.7 Å². The molecule has 0 saturated heterocycles. The molecule has 1 aromatic heterocycles. The van der Waals surface area contributed by atoms with Gasteiger partial charge in [0.25, 0.3) is 5.56 Å². The maximum Gasteiger partial charge on any atom is 0.258 e. The lowest BCUT2D eigenvalue weighted by atomic mass is 10.1. The van der Waals surface area contributed by atoms with Gasteiger partial charge in [0, 0.05) is 5.52 Å². The van der Waals surface area contributed by atoms with E-state index in [0.717, 1.165) is 10.9 Å². The Kier molecular flexibility index (Phi) is 2.72. The summed E-state index contributed by atoms with van der Waals surface area (Å²) in [6.07, 6.45) is 0. The molecule has 0 aliphatic rings. The Morgan fingerprint density at radius 3 is 2.81 bits per heavy atom. The Morgan fingerprint density at radius 1 is 1.44 bits per heavy atom. The van der Waals surface area contributed by atoms with Crippen LogP contribution in [0.2, 0.25) is 0 Å². The highest BCUT2D eigenvalue weighted by Gasteiger charge is 2.05. The van der Waals surface area contributed by atoms with Gasteiger partial charge in [0.1, 0.15) is 4.99 Å². The van der Waals surface area contributed by atoms with Gasteiger partial charge in [0.2, 0.25) is 0 Å². The molecule has 0 unspecified atom stereocenters. The molecule has 0 fully saturated rings. The number of H-pyrrole nitrogens is 1. The van der Waals surface area contributed by atoms with Crippen LogP contribution >= 0.6 is 12.2 Å². The van der Waals surface area contributed by atoms with Crippen molar-refractivity contribution < 1.29 is 5.11 Å². The zero-order valence-electron chi connectivity index (χ0n) is 8.36. The van der Waals surface area contributed by atoms with E-state index in [0.29, 0.717) is 5.52 Å². The number of hydrogen-bond donors (Lipinski definition) is 3. The second kappa shape index (κ2) is 4.03. The van der Waals surface area contributed by atoms with Gasteiger partial charge in [-0.05, 0) is 29.1 Å². The van der Waals surface area contributed by atoms with Gasteiger partial charge in [0.15, 0.2) is 0 Å². The van der Waals surface area contributed by atoms with Crippen LogP contribution in [-0.2, 0) is 6.61 Å². The number of pyridine rings is 1. The van der Waals surface area contributed by atoms with Crippen molar-refractivity contribution in [2.45, 2.75) is 6.61 Å².